The Morgan fingerprint density at radius 3 is 2.55 bits per heavy atom. The Kier molecular flexibility index (Phi) is 5.44. The maximum Gasteiger partial charge on any atom is 0.162 e. The standard InChI is InChI=1S/C20H30O2/c1-14(2)17-13-19-20(5,22-19)11-7-10-15(3)8-6-9-16(4)12-18(17)21/h9-10,13-14,19H,6-8,11-12H2,1-5H3/b15-10+,16-9+,17-13-/t19-,20+/m0/s1. The molecule has 1 fully saturated rings. The Balaban J connectivity index is 2.23. The molecule has 2 rings (SSSR count). The molecule has 2 nitrogen and oxygen atoms in total. The topological polar surface area (TPSA) is 29.6 Å². The first-order chi connectivity index (χ1) is 10.3. The van der Waals surface area contributed by atoms with Gasteiger partial charge in [0.15, 0.2) is 5.78 Å². The van der Waals surface area contributed by atoms with E-state index in [4.69, 9.17) is 4.74 Å². The van der Waals surface area contributed by atoms with Gasteiger partial charge in [-0.15, -0.1) is 0 Å². The second-order valence-electron chi connectivity index (χ2n) is 7.41. The smallest absolute Gasteiger partial charge is 0.162 e. The molecule has 2 atom stereocenters. The predicted octanol–water partition coefficient (Wildman–Crippen LogP) is 5.15. The maximum atomic E-state index is 12.6. The van der Waals surface area contributed by atoms with Crippen molar-refractivity contribution in [3.05, 3.63) is 34.9 Å². The summed E-state index contributed by atoms with van der Waals surface area (Å²) in [4.78, 5) is 12.6. The third-order valence-electron chi connectivity index (χ3n) is 4.82. The van der Waals surface area contributed by atoms with Crippen molar-refractivity contribution < 1.29 is 9.53 Å². The lowest BCUT2D eigenvalue weighted by molar-refractivity contribution is -0.115. The highest BCUT2D eigenvalue weighted by Gasteiger charge is 2.50. The number of allylic oxidation sites excluding steroid dienone is 5. The highest BCUT2D eigenvalue weighted by atomic mass is 16.6. The molecule has 1 aliphatic carbocycles. The van der Waals surface area contributed by atoms with Crippen molar-refractivity contribution in [2.75, 3.05) is 0 Å². The van der Waals surface area contributed by atoms with Crippen LogP contribution in [0.1, 0.15) is 66.7 Å². The largest absolute Gasteiger partial charge is 0.362 e. The first-order valence-corrected chi connectivity index (χ1v) is 8.56. The van der Waals surface area contributed by atoms with E-state index in [1.807, 2.05) is 0 Å². The molecule has 1 aliphatic heterocycles. The number of hydrogen-bond acceptors (Lipinski definition) is 2. The van der Waals surface area contributed by atoms with Crippen molar-refractivity contribution in [3.8, 4) is 0 Å². The molecule has 0 bridgehead atoms. The van der Waals surface area contributed by atoms with Gasteiger partial charge in [-0.25, -0.2) is 0 Å². The minimum atomic E-state index is -0.0772. The van der Waals surface area contributed by atoms with Gasteiger partial charge in [0.05, 0.1) is 5.60 Å². The Hall–Kier alpha value is -1.15. The molecule has 0 amide bonds. The lowest BCUT2D eigenvalue weighted by atomic mass is 9.90. The Bertz CT molecular complexity index is 522. The summed E-state index contributed by atoms with van der Waals surface area (Å²) >= 11 is 0. The van der Waals surface area contributed by atoms with Gasteiger partial charge in [0.1, 0.15) is 6.10 Å². The fourth-order valence-corrected chi connectivity index (χ4v) is 3.12. The lowest BCUT2D eigenvalue weighted by Gasteiger charge is -2.12. The number of ether oxygens (including phenoxy) is 1. The van der Waals surface area contributed by atoms with Crippen molar-refractivity contribution in [1.29, 1.82) is 0 Å². The molecule has 0 unspecified atom stereocenters. The molecule has 2 aliphatic rings. The minimum Gasteiger partial charge on any atom is -0.362 e. The van der Waals surface area contributed by atoms with Crippen molar-refractivity contribution in [2.24, 2.45) is 5.92 Å². The highest BCUT2D eigenvalue weighted by molar-refractivity contribution is 5.97. The molecular weight excluding hydrogens is 272 g/mol. The fourth-order valence-electron chi connectivity index (χ4n) is 3.12. The molecule has 0 N–H and O–H groups in total. The zero-order chi connectivity index (χ0) is 16.3. The summed E-state index contributed by atoms with van der Waals surface area (Å²) in [5.41, 5.74) is 3.48. The van der Waals surface area contributed by atoms with Crippen molar-refractivity contribution in [2.45, 2.75) is 78.4 Å². The molecule has 0 spiro atoms. The number of hydrogen-bond donors (Lipinski definition) is 0. The van der Waals surface area contributed by atoms with E-state index in [0.717, 1.165) is 31.3 Å². The van der Waals surface area contributed by atoms with Gasteiger partial charge in [-0.2, -0.15) is 0 Å². The van der Waals surface area contributed by atoms with Gasteiger partial charge in [-0.05, 0) is 64.0 Å². The van der Waals surface area contributed by atoms with E-state index < -0.39 is 0 Å². The molecule has 2 heteroatoms. The van der Waals surface area contributed by atoms with Crippen LogP contribution in [0.25, 0.3) is 0 Å². The van der Waals surface area contributed by atoms with Gasteiger partial charge in [0, 0.05) is 6.42 Å². The van der Waals surface area contributed by atoms with Crippen molar-refractivity contribution in [1.82, 2.24) is 0 Å². The molecule has 0 aromatic heterocycles. The van der Waals surface area contributed by atoms with Gasteiger partial charge >= 0.3 is 0 Å². The first-order valence-electron chi connectivity index (χ1n) is 8.56. The Morgan fingerprint density at radius 1 is 1.18 bits per heavy atom. The zero-order valence-corrected chi connectivity index (χ0v) is 14.7. The van der Waals surface area contributed by atoms with E-state index in [2.05, 4.69) is 52.8 Å². The van der Waals surface area contributed by atoms with E-state index >= 15 is 0 Å². The van der Waals surface area contributed by atoms with E-state index in [1.54, 1.807) is 0 Å². The van der Waals surface area contributed by atoms with Crippen LogP contribution in [-0.2, 0) is 9.53 Å². The van der Waals surface area contributed by atoms with Gasteiger partial charge in [-0.1, -0.05) is 37.1 Å². The second kappa shape index (κ2) is 6.95. The molecular formula is C20H30O2. The van der Waals surface area contributed by atoms with Crippen LogP contribution in [0.2, 0.25) is 0 Å². The van der Waals surface area contributed by atoms with Crippen LogP contribution in [-0.4, -0.2) is 17.5 Å². The number of fused-ring (bicyclic) bond motifs is 1. The van der Waals surface area contributed by atoms with Crippen molar-refractivity contribution >= 4 is 5.78 Å². The lowest BCUT2D eigenvalue weighted by Crippen LogP contribution is -2.13. The highest BCUT2D eigenvalue weighted by Crippen LogP contribution is 2.42. The molecule has 0 saturated carbocycles. The summed E-state index contributed by atoms with van der Waals surface area (Å²) in [6.45, 7) is 10.6. The molecule has 1 heterocycles. The molecule has 1 saturated heterocycles. The third-order valence-corrected chi connectivity index (χ3v) is 4.82. The molecule has 0 aromatic carbocycles. The minimum absolute atomic E-state index is 0.0772. The summed E-state index contributed by atoms with van der Waals surface area (Å²) in [6.07, 6.45) is 11.5. The van der Waals surface area contributed by atoms with E-state index in [-0.39, 0.29) is 23.4 Å². The van der Waals surface area contributed by atoms with Crippen molar-refractivity contribution in [3.63, 3.8) is 0 Å². The number of carbonyl (C=O) groups is 1. The second-order valence-corrected chi connectivity index (χ2v) is 7.41. The van der Waals surface area contributed by atoms with Crippen LogP contribution < -0.4 is 0 Å². The maximum absolute atomic E-state index is 12.6. The van der Waals surface area contributed by atoms with Crippen LogP contribution in [0.4, 0.5) is 0 Å². The molecule has 122 valence electrons. The summed E-state index contributed by atoms with van der Waals surface area (Å²) in [7, 11) is 0. The van der Waals surface area contributed by atoms with Crippen LogP contribution >= 0.6 is 0 Å². The summed E-state index contributed by atoms with van der Waals surface area (Å²) < 4.78 is 5.90. The van der Waals surface area contributed by atoms with Gasteiger partial charge in [-0.3, -0.25) is 4.79 Å². The van der Waals surface area contributed by atoms with Gasteiger partial charge in [0.2, 0.25) is 0 Å². The number of carbonyl (C=O) groups excluding carboxylic acids is 1. The van der Waals surface area contributed by atoms with E-state index in [0.29, 0.717) is 6.42 Å². The number of ketones is 1. The average Bonchev–Trinajstić information content (AvgIpc) is 3.05. The van der Waals surface area contributed by atoms with E-state index in [1.165, 1.54) is 11.1 Å². The predicted molar refractivity (Wildman–Crippen MR) is 91.8 cm³/mol. The summed E-state index contributed by atoms with van der Waals surface area (Å²) in [5, 5.41) is 0. The normalized spacial score (nSPS) is 38.0. The van der Waals surface area contributed by atoms with Gasteiger partial charge in [0.25, 0.3) is 0 Å². The van der Waals surface area contributed by atoms with Crippen LogP contribution in [0.5, 0.6) is 0 Å². The van der Waals surface area contributed by atoms with Gasteiger partial charge < -0.3 is 4.74 Å². The fraction of sp³-hybridized carbons (Fsp3) is 0.650. The number of rotatable bonds is 1. The average molecular weight is 302 g/mol. The SMILES string of the molecule is C/C1=C\CC[C@@]2(C)O[C@H]2/C=C(/C(C)C)C(=O)C/C(C)=C/CC1. The van der Waals surface area contributed by atoms with Crippen LogP contribution in [0.3, 0.4) is 0 Å². The van der Waals surface area contributed by atoms with E-state index in [9.17, 15) is 4.79 Å². The quantitative estimate of drug-likeness (QED) is 0.495. The molecule has 0 aromatic rings. The first kappa shape index (κ1) is 17.2. The Morgan fingerprint density at radius 2 is 1.86 bits per heavy atom. The summed E-state index contributed by atoms with van der Waals surface area (Å²) in [6, 6.07) is 0. The number of epoxide rings is 1. The van der Waals surface area contributed by atoms with Crippen LogP contribution in [0.15, 0.2) is 34.9 Å². The monoisotopic (exact) mass is 302 g/mol. The molecule has 0 radical (unpaired) electrons. The number of Topliss-reactive ketones (excluding diaryl/α,β-unsaturated/α-hetero) is 1. The zero-order valence-electron chi connectivity index (χ0n) is 14.7. The third kappa shape index (κ3) is 4.42. The van der Waals surface area contributed by atoms with Crippen LogP contribution in [0, 0.1) is 5.92 Å². The summed E-state index contributed by atoms with van der Waals surface area (Å²) in [5.74, 6) is 0.509. The Labute approximate surface area is 135 Å². The molecule has 22 heavy (non-hydrogen) atoms.